The molecule has 166 valence electrons. The highest BCUT2D eigenvalue weighted by molar-refractivity contribution is 5.99. The Morgan fingerprint density at radius 3 is 2.53 bits per heavy atom. The minimum absolute atomic E-state index is 0.0787. The van der Waals surface area contributed by atoms with E-state index in [1.807, 2.05) is 68.7 Å². The van der Waals surface area contributed by atoms with Crippen molar-refractivity contribution >= 4 is 34.1 Å². The molecule has 7 heteroatoms. The lowest BCUT2D eigenvalue weighted by atomic mass is 10.2. The van der Waals surface area contributed by atoms with Gasteiger partial charge >= 0.3 is 0 Å². The van der Waals surface area contributed by atoms with E-state index in [-0.39, 0.29) is 31.1 Å². The van der Waals surface area contributed by atoms with E-state index in [9.17, 15) is 9.59 Å². The summed E-state index contributed by atoms with van der Waals surface area (Å²) < 4.78 is 2.19. The Morgan fingerprint density at radius 1 is 1.03 bits per heavy atom. The second kappa shape index (κ2) is 11.1. The lowest BCUT2D eigenvalue weighted by Gasteiger charge is -2.21. The van der Waals surface area contributed by atoms with Crippen LogP contribution in [0, 0.1) is 11.3 Å². The van der Waals surface area contributed by atoms with Crippen LogP contribution in [0.3, 0.4) is 0 Å². The zero-order valence-corrected chi connectivity index (χ0v) is 18.6. The number of hydrogen-bond donors (Lipinski definition) is 1. The molecule has 3 rings (SSSR count). The van der Waals surface area contributed by atoms with Crippen LogP contribution in [0.1, 0.15) is 19.3 Å². The minimum atomic E-state index is -0.210. The van der Waals surface area contributed by atoms with Crippen LogP contribution in [-0.4, -0.2) is 48.5 Å². The number of nitrogens with one attached hydrogen (secondary N) is 1. The lowest BCUT2D eigenvalue weighted by molar-refractivity contribution is -0.122. The molecule has 0 bridgehead atoms. The second-order valence-electron chi connectivity index (χ2n) is 7.92. The summed E-state index contributed by atoms with van der Waals surface area (Å²) in [6, 6.07) is 19.2. The van der Waals surface area contributed by atoms with Gasteiger partial charge in [0.2, 0.25) is 11.8 Å². The fourth-order valence-electron chi connectivity index (χ4n) is 3.53. The maximum atomic E-state index is 12.7. The summed E-state index contributed by atoms with van der Waals surface area (Å²) in [5, 5.41) is 12.9. The summed E-state index contributed by atoms with van der Waals surface area (Å²) in [4.78, 5) is 28.9. The smallest absolute Gasteiger partial charge is 0.227 e. The highest BCUT2D eigenvalue weighted by atomic mass is 16.2. The van der Waals surface area contributed by atoms with Crippen molar-refractivity contribution in [1.82, 2.24) is 9.47 Å². The van der Waals surface area contributed by atoms with Gasteiger partial charge in [0.05, 0.1) is 12.5 Å². The molecule has 1 N–H and O–H groups in total. The number of nitriles is 1. The molecule has 2 amide bonds. The van der Waals surface area contributed by atoms with Gasteiger partial charge in [-0.1, -0.05) is 18.2 Å². The van der Waals surface area contributed by atoms with Crippen molar-refractivity contribution in [3.05, 3.63) is 60.8 Å². The van der Waals surface area contributed by atoms with Gasteiger partial charge in [-0.25, -0.2) is 0 Å². The molecule has 0 spiro atoms. The molecule has 0 aliphatic rings. The monoisotopic (exact) mass is 431 g/mol. The maximum Gasteiger partial charge on any atom is 0.227 e. The van der Waals surface area contributed by atoms with Crippen molar-refractivity contribution in [1.29, 1.82) is 5.26 Å². The van der Waals surface area contributed by atoms with Crippen LogP contribution < -0.4 is 10.2 Å². The van der Waals surface area contributed by atoms with Crippen LogP contribution in [0.5, 0.6) is 0 Å². The molecular weight excluding hydrogens is 402 g/mol. The van der Waals surface area contributed by atoms with E-state index in [0.717, 1.165) is 29.7 Å². The van der Waals surface area contributed by atoms with Gasteiger partial charge in [0, 0.05) is 61.0 Å². The van der Waals surface area contributed by atoms with Crippen molar-refractivity contribution in [2.75, 3.05) is 37.4 Å². The molecule has 2 aromatic carbocycles. The topological polar surface area (TPSA) is 81.4 Å². The first-order valence-corrected chi connectivity index (χ1v) is 10.7. The lowest BCUT2D eigenvalue weighted by Crippen LogP contribution is -2.32. The van der Waals surface area contributed by atoms with E-state index in [1.165, 1.54) is 0 Å². The normalized spacial score (nSPS) is 10.8. The van der Waals surface area contributed by atoms with Gasteiger partial charge in [-0.15, -0.1) is 0 Å². The van der Waals surface area contributed by atoms with Crippen molar-refractivity contribution in [2.24, 2.45) is 0 Å². The number of nitrogens with zero attached hydrogens (tertiary/aromatic N) is 4. The first-order valence-electron chi connectivity index (χ1n) is 10.7. The third-order valence-electron chi connectivity index (χ3n) is 5.22. The Labute approximate surface area is 188 Å². The molecule has 3 aromatic rings. The maximum absolute atomic E-state index is 12.7. The second-order valence-corrected chi connectivity index (χ2v) is 7.92. The van der Waals surface area contributed by atoms with E-state index in [2.05, 4.69) is 27.0 Å². The molecule has 1 heterocycles. The highest BCUT2D eigenvalue weighted by Crippen LogP contribution is 2.21. The number of likely N-dealkylation sites (N-methyl/N-ethyl adjacent to an activating group) is 1. The van der Waals surface area contributed by atoms with Gasteiger partial charge in [-0.05, 0) is 50.5 Å². The minimum Gasteiger partial charge on any atom is -0.346 e. The Morgan fingerprint density at radius 2 is 1.81 bits per heavy atom. The Balaban J connectivity index is 1.58. The van der Waals surface area contributed by atoms with Gasteiger partial charge in [0.25, 0.3) is 0 Å². The number of benzene rings is 2. The molecule has 0 fully saturated rings. The van der Waals surface area contributed by atoms with Crippen LogP contribution >= 0.6 is 0 Å². The predicted octanol–water partition coefficient (Wildman–Crippen LogP) is 3.87. The standard InChI is InChI=1S/C25H29N5O2/c1-28(2)17-18-29-16-13-20-19-21(9-10-23(20)29)27-24(31)11-12-25(32)30(15-6-14-26)22-7-4-3-5-8-22/h3-5,7-10,13,16,19H,6,11-12,15,17-18H2,1-2H3,(H,27,31). The van der Waals surface area contributed by atoms with Crippen molar-refractivity contribution in [3.8, 4) is 6.07 Å². The van der Waals surface area contributed by atoms with E-state index in [0.29, 0.717) is 12.2 Å². The van der Waals surface area contributed by atoms with E-state index < -0.39 is 0 Å². The van der Waals surface area contributed by atoms with Gasteiger partial charge in [0.1, 0.15) is 0 Å². The zero-order chi connectivity index (χ0) is 22.9. The molecule has 0 saturated heterocycles. The molecular formula is C25H29N5O2. The molecule has 1 aromatic heterocycles. The molecule has 0 atom stereocenters. The number of carbonyl (C=O) groups is 2. The van der Waals surface area contributed by atoms with E-state index in [4.69, 9.17) is 5.26 Å². The first kappa shape index (κ1) is 23.0. The largest absolute Gasteiger partial charge is 0.346 e. The molecule has 0 aliphatic carbocycles. The van der Waals surface area contributed by atoms with Crippen LogP contribution in [0.25, 0.3) is 10.9 Å². The summed E-state index contributed by atoms with van der Waals surface area (Å²) in [5.74, 6) is -0.381. The molecule has 7 nitrogen and oxygen atoms in total. The third-order valence-corrected chi connectivity index (χ3v) is 5.22. The molecule has 0 unspecified atom stereocenters. The number of fused-ring (bicyclic) bond motifs is 1. The Kier molecular flexibility index (Phi) is 8.01. The van der Waals surface area contributed by atoms with Crippen LogP contribution in [0.15, 0.2) is 60.8 Å². The first-order chi connectivity index (χ1) is 15.5. The van der Waals surface area contributed by atoms with Crippen LogP contribution in [-0.2, 0) is 16.1 Å². The van der Waals surface area contributed by atoms with Crippen molar-refractivity contribution < 1.29 is 9.59 Å². The molecule has 0 aliphatic heterocycles. The fourth-order valence-corrected chi connectivity index (χ4v) is 3.53. The van der Waals surface area contributed by atoms with Gasteiger partial charge in [0.15, 0.2) is 0 Å². The fraction of sp³-hybridized carbons (Fsp3) is 0.320. The highest BCUT2D eigenvalue weighted by Gasteiger charge is 2.17. The molecule has 0 radical (unpaired) electrons. The molecule has 32 heavy (non-hydrogen) atoms. The van der Waals surface area contributed by atoms with E-state index in [1.54, 1.807) is 4.90 Å². The van der Waals surface area contributed by atoms with Crippen molar-refractivity contribution in [2.45, 2.75) is 25.8 Å². The summed E-state index contributed by atoms with van der Waals surface area (Å²) in [6.45, 7) is 2.15. The Hall–Kier alpha value is -3.63. The number of hydrogen-bond acceptors (Lipinski definition) is 4. The Bertz CT molecular complexity index is 1100. The SMILES string of the molecule is CN(C)CCn1ccc2cc(NC(=O)CCC(=O)N(CCC#N)c3ccccc3)ccc21. The number of para-hydroxylation sites is 1. The number of anilines is 2. The predicted molar refractivity (Wildman–Crippen MR) is 127 cm³/mol. The van der Waals surface area contributed by atoms with E-state index >= 15 is 0 Å². The van der Waals surface area contributed by atoms with Crippen LogP contribution in [0.4, 0.5) is 11.4 Å². The average Bonchev–Trinajstić information content (AvgIpc) is 3.19. The van der Waals surface area contributed by atoms with Gasteiger partial charge in [-0.2, -0.15) is 5.26 Å². The van der Waals surface area contributed by atoms with Gasteiger partial charge in [-0.3, -0.25) is 9.59 Å². The quantitative estimate of drug-likeness (QED) is 0.528. The summed E-state index contributed by atoms with van der Waals surface area (Å²) in [7, 11) is 4.10. The number of aromatic nitrogens is 1. The third kappa shape index (κ3) is 6.19. The van der Waals surface area contributed by atoms with Crippen LogP contribution in [0.2, 0.25) is 0 Å². The molecule has 0 saturated carbocycles. The number of rotatable bonds is 10. The zero-order valence-electron chi connectivity index (χ0n) is 18.6. The number of carbonyl (C=O) groups excluding carboxylic acids is 2. The summed E-state index contributed by atoms with van der Waals surface area (Å²) in [5.41, 5.74) is 2.57. The number of amides is 2. The van der Waals surface area contributed by atoms with Crippen molar-refractivity contribution in [3.63, 3.8) is 0 Å². The summed E-state index contributed by atoms with van der Waals surface area (Å²) >= 11 is 0. The van der Waals surface area contributed by atoms with Gasteiger partial charge < -0.3 is 19.7 Å². The summed E-state index contributed by atoms with van der Waals surface area (Å²) in [6.07, 6.45) is 2.45. The average molecular weight is 432 g/mol.